The molecule has 0 aromatic heterocycles. The number of carbonyl (C=O) groups excluding carboxylic acids is 2. The van der Waals surface area contributed by atoms with Crippen molar-refractivity contribution in [3.05, 3.63) is 28.7 Å². The smallest absolute Gasteiger partial charge is 0.303 e. The van der Waals surface area contributed by atoms with Gasteiger partial charge in [-0.05, 0) is 31.2 Å². The van der Waals surface area contributed by atoms with E-state index in [4.69, 9.17) is 4.74 Å². The molecule has 1 aromatic rings. The lowest BCUT2D eigenvalue weighted by molar-refractivity contribution is -0.150. The minimum absolute atomic E-state index is 0.350. The lowest BCUT2D eigenvalue weighted by Crippen LogP contribution is -2.29. The molecular formula is C11H12BrNO3. The summed E-state index contributed by atoms with van der Waals surface area (Å²) >= 11 is 3.29. The molecule has 0 aliphatic carbocycles. The van der Waals surface area contributed by atoms with E-state index in [1.807, 2.05) is 12.1 Å². The third-order valence-electron chi connectivity index (χ3n) is 1.82. The van der Waals surface area contributed by atoms with Gasteiger partial charge in [0.05, 0.1) is 0 Å². The molecule has 0 aliphatic heterocycles. The van der Waals surface area contributed by atoms with Crippen molar-refractivity contribution in [1.82, 2.24) is 0 Å². The lowest BCUT2D eigenvalue weighted by atomic mass is 10.3. The molecule has 86 valence electrons. The van der Waals surface area contributed by atoms with Gasteiger partial charge in [0.1, 0.15) is 0 Å². The van der Waals surface area contributed by atoms with E-state index in [1.165, 1.54) is 13.8 Å². The molecule has 1 atom stereocenters. The maximum absolute atomic E-state index is 11.5. The Balaban J connectivity index is 2.57. The van der Waals surface area contributed by atoms with Crippen LogP contribution in [-0.2, 0) is 14.3 Å². The molecule has 0 radical (unpaired) electrons. The molecule has 0 saturated carbocycles. The van der Waals surface area contributed by atoms with Gasteiger partial charge in [0.25, 0.3) is 5.91 Å². The number of hydrogen-bond donors (Lipinski definition) is 1. The van der Waals surface area contributed by atoms with Crippen molar-refractivity contribution in [3.8, 4) is 0 Å². The molecule has 1 N–H and O–H groups in total. The topological polar surface area (TPSA) is 55.4 Å². The average Bonchev–Trinajstić information content (AvgIpc) is 2.20. The zero-order chi connectivity index (χ0) is 12.1. The van der Waals surface area contributed by atoms with Crippen molar-refractivity contribution in [3.63, 3.8) is 0 Å². The first-order valence-electron chi connectivity index (χ1n) is 4.72. The maximum Gasteiger partial charge on any atom is 0.303 e. The van der Waals surface area contributed by atoms with Gasteiger partial charge in [-0.3, -0.25) is 9.59 Å². The second-order valence-electron chi connectivity index (χ2n) is 3.25. The zero-order valence-electron chi connectivity index (χ0n) is 8.99. The summed E-state index contributed by atoms with van der Waals surface area (Å²) in [5.74, 6) is -0.823. The third kappa shape index (κ3) is 4.02. The van der Waals surface area contributed by atoms with Gasteiger partial charge in [0.15, 0.2) is 6.10 Å². The molecule has 0 fully saturated rings. The Bertz CT molecular complexity index is 389. The zero-order valence-corrected chi connectivity index (χ0v) is 10.6. The van der Waals surface area contributed by atoms with Crippen LogP contribution in [-0.4, -0.2) is 18.0 Å². The molecule has 0 bridgehead atoms. The normalized spacial score (nSPS) is 11.7. The number of halogens is 1. The van der Waals surface area contributed by atoms with Crippen molar-refractivity contribution >= 4 is 33.5 Å². The van der Waals surface area contributed by atoms with Gasteiger partial charge in [0, 0.05) is 17.1 Å². The molecule has 0 spiro atoms. The highest BCUT2D eigenvalue weighted by molar-refractivity contribution is 9.10. The third-order valence-corrected chi connectivity index (χ3v) is 2.35. The first-order chi connectivity index (χ1) is 7.49. The van der Waals surface area contributed by atoms with Gasteiger partial charge in [-0.2, -0.15) is 0 Å². The largest absolute Gasteiger partial charge is 0.453 e. The number of ether oxygens (including phenoxy) is 1. The number of carbonyl (C=O) groups is 2. The van der Waals surface area contributed by atoms with Crippen molar-refractivity contribution in [2.24, 2.45) is 0 Å². The number of amides is 1. The van der Waals surface area contributed by atoms with Crippen LogP contribution in [0.1, 0.15) is 13.8 Å². The first-order valence-corrected chi connectivity index (χ1v) is 5.52. The van der Waals surface area contributed by atoms with Crippen molar-refractivity contribution in [1.29, 1.82) is 0 Å². The molecule has 5 heteroatoms. The van der Waals surface area contributed by atoms with Gasteiger partial charge in [-0.25, -0.2) is 0 Å². The van der Waals surface area contributed by atoms with E-state index in [0.717, 1.165) is 4.47 Å². The lowest BCUT2D eigenvalue weighted by Gasteiger charge is -2.12. The fraction of sp³-hybridized carbons (Fsp3) is 0.273. The van der Waals surface area contributed by atoms with E-state index in [1.54, 1.807) is 12.1 Å². The molecule has 1 amide bonds. The van der Waals surface area contributed by atoms with Crippen LogP contribution in [0.2, 0.25) is 0 Å². The molecule has 16 heavy (non-hydrogen) atoms. The highest BCUT2D eigenvalue weighted by Crippen LogP contribution is 2.14. The van der Waals surface area contributed by atoms with Gasteiger partial charge >= 0.3 is 5.97 Å². The van der Waals surface area contributed by atoms with Gasteiger partial charge < -0.3 is 10.1 Å². The van der Waals surface area contributed by atoms with Crippen LogP contribution in [0.3, 0.4) is 0 Å². The summed E-state index contributed by atoms with van der Waals surface area (Å²) in [6.45, 7) is 2.79. The van der Waals surface area contributed by atoms with Crippen LogP contribution in [0.25, 0.3) is 0 Å². The fourth-order valence-corrected chi connectivity index (χ4v) is 1.34. The van der Waals surface area contributed by atoms with E-state index < -0.39 is 12.1 Å². The van der Waals surface area contributed by atoms with Crippen LogP contribution in [0.5, 0.6) is 0 Å². The molecule has 0 heterocycles. The highest BCUT2D eigenvalue weighted by atomic mass is 79.9. The summed E-state index contributed by atoms with van der Waals surface area (Å²) in [7, 11) is 0. The SMILES string of the molecule is CC(=O)OC(C)C(=O)Nc1ccc(Br)cc1. The maximum atomic E-state index is 11.5. The number of esters is 1. The number of hydrogen-bond acceptors (Lipinski definition) is 3. The second-order valence-corrected chi connectivity index (χ2v) is 4.16. The Morgan fingerprint density at radius 3 is 2.38 bits per heavy atom. The first kappa shape index (κ1) is 12.7. The molecule has 1 rings (SSSR count). The minimum Gasteiger partial charge on any atom is -0.453 e. The summed E-state index contributed by atoms with van der Waals surface area (Å²) in [6.07, 6.45) is -0.791. The summed E-state index contributed by atoms with van der Waals surface area (Å²) in [6, 6.07) is 7.13. The van der Waals surface area contributed by atoms with Crippen molar-refractivity contribution < 1.29 is 14.3 Å². The number of nitrogens with one attached hydrogen (secondary N) is 1. The molecular weight excluding hydrogens is 274 g/mol. The summed E-state index contributed by atoms with van der Waals surface area (Å²) < 4.78 is 5.68. The van der Waals surface area contributed by atoms with Gasteiger partial charge in [-0.1, -0.05) is 15.9 Å². The molecule has 1 aromatic carbocycles. The van der Waals surface area contributed by atoms with E-state index >= 15 is 0 Å². The van der Waals surface area contributed by atoms with Crippen molar-refractivity contribution in [2.45, 2.75) is 20.0 Å². The summed E-state index contributed by atoms with van der Waals surface area (Å²) in [5.41, 5.74) is 0.659. The summed E-state index contributed by atoms with van der Waals surface area (Å²) in [5, 5.41) is 2.64. The molecule has 4 nitrogen and oxygen atoms in total. The Kier molecular flexibility index (Phi) is 4.49. The van der Waals surface area contributed by atoms with E-state index in [2.05, 4.69) is 21.2 Å². The number of benzene rings is 1. The molecule has 0 aliphatic rings. The van der Waals surface area contributed by atoms with E-state index in [9.17, 15) is 9.59 Å². The molecule has 0 saturated heterocycles. The van der Waals surface area contributed by atoms with Crippen LogP contribution in [0.4, 0.5) is 5.69 Å². The standard InChI is InChI=1S/C11H12BrNO3/c1-7(16-8(2)14)11(15)13-10-5-3-9(12)4-6-10/h3-7H,1-2H3,(H,13,15). The Labute approximate surface area is 102 Å². The van der Waals surface area contributed by atoms with Crippen LogP contribution in [0.15, 0.2) is 28.7 Å². The average molecular weight is 286 g/mol. The predicted molar refractivity (Wildman–Crippen MR) is 64.0 cm³/mol. The monoisotopic (exact) mass is 285 g/mol. The minimum atomic E-state index is -0.791. The Morgan fingerprint density at radius 2 is 1.88 bits per heavy atom. The van der Waals surface area contributed by atoms with Crippen LogP contribution in [0, 0.1) is 0 Å². The number of rotatable bonds is 3. The molecule has 1 unspecified atom stereocenters. The quantitative estimate of drug-likeness (QED) is 0.868. The van der Waals surface area contributed by atoms with Crippen LogP contribution >= 0.6 is 15.9 Å². The predicted octanol–water partition coefficient (Wildman–Crippen LogP) is 2.34. The highest BCUT2D eigenvalue weighted by Gasteiger charge is 2.15. The summed E-state index contributed by atoms with van der Waals surface area (Å²) in [4.78, 5) is 22.2. The van der Waals surface area contributed by atoms with Gasteiger partial charge in [-0.15, -0.1) is 0 Å². The van der Waals surface area contributed by atoms with E-state index in [0.29, 0.717) is 5.69 Å². The Morgan fingerprint density at radius 1 is 1.31 bits per heavy atom. The number of anilines is 1. The van der Waals surface area contributed by atoms with Crippen molar-refractivity contribution in [2.75, 3.05) is 5.32 Å². The van der Waals surface area contributed by atoms with Gasteiger partial charge in [0.2, 0.25) is 0 Å². The van der Waals surface area contributed by atoms with E-state index in [-0.39, 0.29) is 5.91 Å². The fourth-order valence-electron chi connectivity index (χ4n) is 1.08. The Hall–Kier alpha value is -1.36. The second kappa shape index (κ2) is 5.65. The van der Waals surface area contributed by atoms with Crippen LogP contribution < -0.4 is 5.32 Å².